The van der Waals surface area contributed by atoms with E-state index in [1.165, 1.54) is 0 Å². The molecule has 2 aromatic carbocycles. The van der Waals surface area contributed by atoms with Crippen molar-refractivity contribution in [2.24, 2.45) is 0 Å². The third-order valence-corrected chi connectivity index (χ3v) is 4.29. The molecular formula is C19H17Cl2N3O2. The summed E-state index contributed by atoms with van der Waals surface area (Å²) in [5, 5.41) is 4.79. The second kappa shape index (κ2) is 7.40. The summed E-state index contributed by atoms with van der Waals surface area (Å²) in [6.45, 7) is 2.03. The number of para-hydroxylation sites is 1. The highest BCUT2D eigenvalue weighted by Gasteiger charge is 2.15. The number of hydrogen-bond acceptors (Lipinski definition) is 5. The standard InChI is InChI=1S/C19H16ClN3O2.ClH/c1-3-16-22-17-12-6-4-5-7-14(12)25-18(17)19(23-16)21-11-8-9-15(24-2)13(20)10-11;/h4-10H,3H2,1-2H3,(H,21,22,23);1H. The van der Waals surface area contributed by atoms with E-state index in [0.717, 1.165) is 34.4 Å². The van der Waals surface area contributed by atoms with Crippen LogP contribution in [0.25, 0.3) is 22.1 Å². The molecule has 4 rings (SSSR count). The summed E-state index contributed by atoms with van der Waals surface area (Å²) >= 11 is 6.22. The number of nitrogens with one attached hydrogen (secondary N) is 1. The normalized spacial score (nSPS) is 10.7. The van der Waals surface area contributed by atoms with E-state index in [1.54, 1.807) is 13.2 Å². The van der Waals surface area contributed by atoms with Gasteiger partial charge in [-0.25, -0.2) is 9.97 Å². The van der Waals surface area contributed by atoms with Gasteiger partial charge >= 0.3 is 0 Å². The molecule has 0 spiro atoms. The van der Waals surface area contributed by atoms with E-state index in [9.17, 15) is 0 Å². The Balaban J connectivity index is 0.00000196. The minimum Gasteiger partial charge on any atom is -0.495 e. The van der Waals surface area contributed by atoms with Crippen LogP contribution in [0.5, 0.6) is 5.75 Å². The maximum Gasteiger partial charge on any atom is 0.196 e. The monoisotopic (exact) mass is 389 g/mol. The molecule has 0 saturated carbocycles. The Bertz CT molecular complexity index is 1080. The molecule has 0 aliphatic rings. The molecule has 0 bridgehead atoms. The minimum absolute atomic E-state index is 0. The van der Waals surface area contributed by atoms with Crippen LogP contribution in [0.15, 0.2) is 46.9 Å². The first-order valence-electron chi connectivity index (χ1n) is 7.98. The van der Waals surface area contributed by atoms with Gasteiger partial charge in [0.2, 0.25) is 0 Å². The number of ether oxygens (including phenoxy) is 1. The third kappa shape index (κ3) is 3.16. The zero-order valence-corrected chi connectivity index (χ0v) is 15.8. The molecule has 4 aromatic rings. The van der Waals surface area contributed by atoms with Crippen LogP contribution < -0.4 is 10.1 Å². The Labute approximate surface area is 161 Å². The minimum atomic E-state index is 0. The molecule has 0 saturated heterocycles. The Kier molecular flexibility index (Phi) is 5.20. The predicted octanol–water partition coefficient (Wildman–Crippen LogP) is 5.77. The fourth-order valence-electron chi connectivity index (χ4n) is 2.76. The number of furan rings is 1. The lowest BCUT2D eigenvalue weighted by Gasteiger charge is -2.09. The molecule has 5 nitrogen and oxygen atoms in total. The molecule has 0 radical (unpaired) electrons. The van der Waals surface area contributed by atoms with Crippen molar-refractivity contribution in [3.8, 4) is 5.75 Å². The molecule has 2 aromatic heterocycles. The quantitative estimate of drug-likeness (QED) is 0.480. The number of rotatable bonds is 4. The summed E-state index contributed by atoms with van der Waals surface area (Å²) in [5.41, 5.74) is 3.03. The maximum absolute atomic E-state index is 6.22. The lowest BCUT2D eigenvalue weighted by atomic mass is 10.2. The second-order valence-electron chi connectivity index (χ2n) is 5.59. The summed E-state index contributed by atoms with van der Waals surface area (Å²) in [6, 6.07) is 13.3. The lowest BCUT2D eigenvalue weighted by molar-refractivity contribution is 0.415. The molecule has 0 unspecified atom stereocenters. The number of aryl methyl sites for hydroxylation is 1. The van der Waals surface area contributed by atoms with E-state index in [4.69, 9.17) is 20.8 Å². The first-order valence-corrected chi connectivity index (χ1v) is 8.36. The number of benzene rings is 2. The maximum atomic E-state index is 6.22. The van der Waals surface area contributed by atoms with Crippen molar-refractivity contribution in [1.29, 1.82) is 0 Å². The van der Waals surface area contributed by atoms with Crippen LogP contribution in [0.1, 0.15) is 12.7 Å². The van der Waals surface area contributed by atoms with Gasteiger partial charge < -0.3 is 14.5 Å². The predicted molar refractivity (Wildman–Crippen MR) is 107 cm³/mol. The number of fused-ring (bicyclic) bond motifs is 3. The second-order valence-corrected chi connectivity index (χ2v) is 6.00. The van der Waals surface area contributed by atoms with Crippen LogP contribution in [-0.2, 0) is 6.42 Å². The van der Waals surface area contributed by atoms with Crippen molar-refractivity contribution in [2.75, 3.05) is 12.4 Å². The van der Waals surface area contributed by atoms with Crippen LogP contribution >= 0.6 is 24.0 Å². The Morgan fingerprint density at radius 3 is 2.69 bits per heavy atom. The van der Waals surface area contributed by atoms with Crippen molar-refractivity contribution in [2.45, 2.75) is 13.3 Å². The van der Waals surface area contributed by atoms with Gasteiger partial charge in [-0.2, -0.15) is 0 Å². The van der Waals surface area contributed by atoms with Crippen molar-refractivity contribution >= 4 is 57.6 Å². The van der Waals surface area contributed by atoms with Crippen molar-refractivity contribution < 1.29 is 9.15 Å². The first kappa shape index (κ1) is 18.3. The highest BCUT2D eigenvalue weighted by atomic mass is 35.5. The Morgan fingerprint density at radius 2 is 1.96 bits per heavy atom. The number of anilines is 2. The van der Waals surface area contributed by atoms with Crippen molar-refractivity contribution in [3.63, 3.8) is 0 Å². The molecule has 0 aliphatic carbocycles. The SMILES string of the molecule is CCc1nc(Nc2ccc(OC)c(Cl)c2)c2oc3ccccc3c2n1.Cl. The third-order valence-electron chi connectivity index (χ3n) is 4.00. The Hall–Kier alpha value is -2.50. The van der Waals surface area contributed by atoms with Gasteiger partial charge in [-0.05, 0) is 30.3 Å². The lowest BCUT2D eigenvalue weighted by Crippen LogP contribution is -2.00. The van der Waals surface area contributed by atoms with Crippen LogP contribution in [0.2, 0.25) is 5.02 Å². The van der Waals surface area contributed by atoms with E-state index >= 15 is 0 Å². The molecule has 0 fully saturated rings. The van der Waals surface area contributed by atoms with Gasteiger partial charge in [-0.15, -0.1) is 12.4 Å². The number of nitrogens with zero attached hydrogens (tertiary/aromatic N) is 2. The van der Waals surface area contributed by atoms with E-state index in [0.29, 0.717) is 22.2 Å². The van der Waals surface area contributed by atoms with Crippen LogP contribution in [0.4, 0.5) is 11.5 Å². The summed E-state index contributed by atoms with van der Waals surface area (Å²) in [7, 11) is 1.59. The summed E-state index contributed by atoms with van der Waals surface area (Å²) in [4.78, 5) is 9.23. The van der Waals surface area contributed by atoms with Crippen molar-refractivity contribution in [3.05, 3.63) is 53.3 Å². The fourth-order valence-corrected chi connectivity index (χ4v) is 3.02. The zero-order valence-electron chi connectivity index (χ0n) is 14.2. The molecule has 1 N–H and O–H groups in total. The van der Waals surface area contributed by atoms with Crippen LogP contribution in [0, 0.1) is 0 Å². The molecule has 7 heteroatoms. The summed E-state index contributed by atoms with van der Waals surface area (Å²) in [5.74, 6) is 2.00. The van der Waals surface area contributed by atoms with Gasteiger partial charge in [0.25, 0.3) is 0 Å². The number of hydrogen-bond donors (Lipinski definition) is 1. The highest BCUT2D eigenvalue weighted by Crippen LogP contribution is 2.34. The zero-order chi connectivity index (χ0) is 17.4. The summed E-state index contributed by atoms with van der Waals surface area (Å²) in [6.07, 6.45) is 0.730. The van der Waals surface area contributed by atoms with Gasteiger partial charge in [-0.1, -0.05) is 30.7 Å². The van der Waals surface area contributed by atoms with E-state index in [1.807, 2.05) is 43.3 Å². The molecular weight excluding hydrogens is 373 g/mol. The molecule has 134 valence electrons. The van der Waals surface area contributed by atoms with Gasteiger partial charge in [0.15, 0.2) is 11.4 Å². The fraction of sp³-hybridized carbons (Fsp3) is 0.158. The number of halogens is 2. The average Bonchev–Trinajstić information content (AvgIpc) is 3.01. The topological polar surface area (TPSA) is 60.2 Å². The molecule has 2 heterocycles. The Morgan fingerprint density at radius 1 is 1.15 bits per heavy atom. The van der Waals surface area contributed by atoms with Crippen molar-refractivity contribution in [1.82, 2.24) is 9.97 Å². The average molecular weight is 390 g/mol. The van der Waals surface area contributed by atoms with E-state index in [-0.39, 0.29) is 12.4 Å². The molecule has 0 amide bonds. The largest absolute Gasteiger partial charge is 0.495 e. The van der Waals surface area contributed by atoms with Gasteiger partial charge in [-0.3, -0.25) is 0 Å². The van der Waals surface area contributed by atoms with E-state index < -0.39 is 0 Å². The summed E-state index contributed by atoms with van der Waals surface area (Å²) < 4.78 is 11.2. The number of methoxy groups -OCH3 is 1. The smallest absolute Gasteiger partial charge is 0.196 e. The van der Waals surface area contributed by atoms with Gasteiger partial charge in [0.05, 0.1) is 12.1 Å². The molecule has 0 atom stereocenters. The van der Waals surface area contributed by atoms with Crippen LogP contribution in [-0.4, -0.2) is 17.1 Å². The van der Waals surface area contributed by atoms with Gasteiger partial charge in [0.1, 0.15) is 22.7 Å². The highest BCUT2D eigenvalue weighted by molar-refractivity contribution is 6.32. The first-order chi connectivity index (χ1) is 12.2. The number of aromatic nitrogens is 2. The van der Waals surface area contributed by atoms with Crippen LogP contribution in [0.3, 0.4) is 0 Å². The van der Waals surface area contributed by atoms with Gasteiger partial charge in [0, 0.05) is 17.5 Å². The van der Waals surface area contributed by atoms with E-state index in [2.05, 4.69) is 15.3 Å². The molecule has 0 aliphatic heterocycles. The molecule has 26 heavy (non-hydrogen) atoms.